The maximum Gasteiger partial charge on any atom is 0.0177 e. The Labute approximate surface area is 81.8 Å². The van der Waals surface area contributed by atoms with Crippen molar-refractivity contribution in [2.24, 2.45) is 13.0 Å². The molecule has 0 saturated carbocycles. The molecule has 0 aliphatic rings. The highest BCUT2D eigenvalue weighted by atomic mass is 14.9. The third kappa shape index (κ3) is 2.36. The fourth-order valence-corrected chi connectivity index (χ4v) is 1.66. The summed E-state index contributed by atoms with van der Waals surface area (Å²) in [5, 5.41) is 0. The molecular formula is C12H21N. The largest absolute Gasteiger partial charge is 0.352 e. The zero-order valence-electron chi connectivity index (χ0n) is 9.30. The number of aryl methyl sites for hydroxylation is 1. The highest BCUT2D eigenvalue weighted by Gasteiger charge is 2.06. The van der Waals surface area contributed by atoms with Gasteiger partial charge in [0.05, 0.1) is 0 Å². The van der Waals surface area contributed by atoms with E-state index in [4.69, 9.17) is 0 Å². The molecule has 1 rings (SSSR count). The Balaban J connectivity index is 2.72. The summed E-state index contributed by atoms with van der Waals surface area (Å²) in [5.74, 6) is 0.804. The van der Waals surface area contributed by atoms with Gasteiger partial charge < -0.3 is 4.57 Å². The second kappa shape index (κ2) is 4.50. The maximum absolute atomic E-state index is 2.34. The van der Waals surface area contributed by atoms with Crippen molar-refractivity contribution < 1.29 is 0 Å². The van der Waals surface area contributed by atoms with Gasteiger partial charge in [0.2, 0.25) is 0 Å². The first-order valence-corrected chi connectivity index (χ1v) is 5.32. The molecular weight excluding hydrogens is 158 g/mol. The van der Waals surface area contributed by atoms with Crippen LogP contribution in [0, 0.1) is 5.92 Å². The summed E-state index contributed by atoms with van der Waals surface area (Å²) in [6, 6.07) is 4.52. The molecule has 1 aromatic rings. The van der Waals surface area contributed by atoms with E-state index in [1.807, 2.05) is 0 Å². The third-order valence-electron chi connectivity index (χ3n) is 2.95. The van der Waals surface area contributed by atoms with Gasteiger partial charge in [-0.15, -0.1) is 0 Å². The molecule has 0 aliphatic heterocycles. The van der Waals surface area contributed by atoms with E-state index < -0.39 is 0 Å². The van der Waals surface area contributed by atoms with Gasteiger partial charge in [-0.3, -0.25) is 0 Å². The Morgan fingerprint density at radius 1 is 1.23 bits per heavy atom. The van der Waals surface area contributed by atoms with Crippen LogP contribution in [0.15, 0.2) is 12.1 Å². The van der Waals surface area contributed by atoms with Gasteiger partial charge >= 0.3 is 0 Å². The summed E-state index contributed by atoms with van der Waals surface area (Å²) in [4.78, 5) is 0. The lowest BCUT2D eigenvalue weighted by atomic mass is 10.0. The quantitative estimate of drug-likeness (QED) is 0.669. The summed E-state index contributed by atoms with van der Waals surface area (Å²) >= 11 is 0. The first-order valence-electron chi connectivity index (χ1n) is 5.32. The third-order valence-corrected chi connectivity index (χ3v) is 2.95. The minimum absolute atomic E-state index is 0.804. The lowest BCUT2D eigenvalue weighted by Crippen LogP contribution is -2.05. The summed E-state index contributed by atoms with van der Waals surface area (Å²) in [6.45, 7) is 6.79. The van der Waals surface area contributed by atoms with Crippen LogP contribution in [-0.2, 0) is 19.9 Å². The minimum Gasteiger partial charge on any atom is -0.352 e. The predicted octanol–water partition coefficient (Wildman–Crippen LogP) is 3.18. The van der Waals surface area contributed by atoms with Crippen molar-refractivity contribution in [1.29, 1.82) is 0 Å². The van der Waals surface area contributed by atoms with Crippen LogP contribution in [0.5, 0.6) is 0 Å². The summed E-state index contributed by atoms with van der Waals surface area (Å²) in [6.07, 6.45) is 3.62. The molecule has 74 valence electrons. The van der Waals surface area contributed by atoms with Crippen molar-refractivity contribution in [1.82, 2.24) is 4.57 Å². The Kier molecular flexibility index (Phi) is 3.58. The van der Waals surface area contributed by atoms with Gasteiger partial charge in [-0.25, -0.2) is 0 Å². The molecule has 13 heavy (non-hydrogen) atoms. The highest BCUT2D eigenvalue weighted by molar-refractivity contribution is 5.16. The molecule has 0 aromatic carbocycles. The number of rotatable bonds is 4. The fraction of sp³-hybridized carbons (Fsp3) is 0.667. The Morgan fingerprint density at radius 3 is 2.31 bits per heavy atom. The second-order valence-corrected chi connectivity index (χ2v) is 3.95. The van der Waals surface area contributed by atoms with Crippen LogP contribution in [-0.4, -0.2) is 4.57 Å². The molecule has 1 unspecified atom stereocenters. The molecule has 0 amide bonds. The van der Waals surface area contributed by atoms with E-state index in [0.717, 1.165) is 12.3 Å². The molecule has 0 saturated heterocycles. The van der Waals surface area contributed by atoms with Gasteiger partial charge in [0.15, 0.2) is 0 Å². The van der Waals surface area contributed by atoms with E-state index in [9.17, 15) is 0 Å². The molecule has 0 bridgehead atoms. The molecule has 0 radical (unpaired) electrons. The normalized spacial score (nSPS) is 13.2. The van der Waals surface area contributed by atoms with Crippen molar-refractivity contribution in [3.8, 4) is 0 Å². The Morgan fingerprint density at radius 2 is 1.85 bits per heavy atom. The fourth-order valence-electron chi connectivity index (χ4n) is 1.66. The molecule has 0 aliphatic carbocycles. The lowest BCUT2D eigenvalue weighted by molar-refractivity contribution is 0.540. The number of hydrogen-bond acceptors (Lipinski definition) is 0. The van der Waals surface area contributed by atoms with Crippen LogP contribution in [0.25, 0.3) is 0 Å². The van der Waals surface area contributed by atoms with Crippen molar-refractivity contribution in [3.63, 3.8) is 0 Å². The second-order valence-electron chi connectivity index (χ2n) is 3.95. The minimum atomic E-state index is 0.804. The number of hydrogen-bond donors (Lipinski definition) is 0. The van der Waals surface area contributed by atoms with Gasteiger partial charge in [0.1, 0.15) is 0 Å². The SMILES string of the molecule is CCc1ccc(CC(C)CC)n1C. The summed E-state index contributed by atoms with van der Waals surface area (Å²) < 4.78 is 2.34. The van der Waals surface area contributed by atoms with E-state index in [0.29, 0.717) is 0 Å². The van der Waals surface area contributed by atoms with Gasteiger partial charge in [-0.1, -0.05) is 27.2 Å². The first-order chi connectivity index (χ1) is 6.19. The molecule has 1 atom stereocenters. The molecule has 1 heteroatoms. The average Bonchev–Trinajstić information content (AvgIpc) is 2.48. The topological polar surface area (TPSA) is 4.93 Å². The zero-order valence-corrected chi connectivity index (χ0v) is 9.30. The van der Waals surface area contributed by atoms with Gasteiger partial charge in [-0.05, 0) is 30.9 Å². The summed E-state index contributed by atoms with van der Waals surface area (Å²) in [7, 11) is 2.18. The maximum atomic E-state index is 2.34. The van der Waals surface area contributed by atoms with Gasteiger partial charge in [-0.2, -0.15) is 0 Å². The summed E-state index contributed by atoms with van der Waals surface area (Å²) in [5.41, 5.74) is 2.92. The molecule has 0 N–H and O–H groups in total. The highest BCUT2D eigenvalue weighted by Crippen LogP contribution is 2.14. The van der Waals surface area contributed by atoms with Crippen LogP contribution < -0.4 is 0 Å². The lowest BCUT2D eigenvalue weighted by Gasteiger charge is -2.10. The van der Waals surface area contributed by atoms with Crippen molar-refractivity contribution in [3.05, 3.63) is 23.5 Å². The molecule has 1 aromatic heterocycles. The zero-order chi connectivity index (χ0) is 9.84. The van der Waals surface area contributed by atoms with Crippen LogP contribution in [0.3, 0.4) is 0 Å². The van der Waals surface area contributed by atoms with Crippen molar-refractivity contribution >= 4 is 0 Å². The van der Waals surface area contributed by atoms with Gasteiger partial charge in [0, 0.05) is 18.4 Å². The van der Waals surface area contributed by atoms with Gasteiger partial charge in [0.25, 0.3) is 0 Å². The van der Waals surface area contributed by atoms with Crippen LogP contribution in [0.1, 0.15) is 38.6 Å². The Bertz CT molecular complexity index is 260. The predicted molar refractivity (Wildman–Crippen MR) is 58.0 cm³/mol. The van der Waals surface area contributed by atoms with E-state index in [1.54, 1.807) is 0 Å². The number of nitrogens with zero attached hydrogens (tertiary/aromatic N) is 1. The van der Waals surface area contributed by atoms with E-state index in [1.165, 1.54) is 24.2 Å². The smallest absolute Gasteiger partial charge is 0.0177 e. The number of aromatic nitrogens is 1. The van der Waals surface area contributed by atoms with Crippen molar-refractivity contribution in [2.75, 3.05) is 0 Å². The molecule has 1 nitrogen and oxygen atoms in total. The first kappa shape index (κ1) is 10.4. The van der Waals surface area contributed by atoms with Crippen LogP contribution in [0.2, 0.25) is 0 Å². The van der Waals surface area contributed by atoms with E-state index >= 15 is 0 Å². The molecule has 0 spiro atoms. The molecule has 0 fully saturated rings. The van der Waals surface area contributed by atoms with E-state index in [2.05, 4.69) is 44.5 Å². The van der Waals surface area contributed by atoms with Crippen LogP contribution >= 0.6 is 0 Å². The monoisotopic (exact) mass is 179 g/mol. The van der Waals surface area contributed by atoms with Crippen LogP contribution in [0.4, 0.5) is 0 Å². The van der Waals surface area contributed by atoms with Crippen molar-refractivity contribution in [2.45, 2.75) is 40.0 Å². The average molecular weight is 179 g/mol. The standard InChI is InChI=1S/C12H21N/c1-5-10(3)9-12-8-7-11(6-2)13(12)4/h7-8,10H,5-6,9H2,1-4H3. The van der Waals surface area contributed by atoms with E-state index in [-0.39, 0.29) is 0 Å². The molecule has 1 heterocycles. The Hall–Kier alpha value is -0.720.